The Morgan fingerprint density at radius 3 is 2.10 bits per heavy atom. The Kier molecular flexibility index (Phi) is 9.18. The number of rotatable bonds is 9. The number of hydrazone groups is 1. The summed E-state index contributed by atoms with van der Waals surface area (Å²) >= 11 is 0.688. The second-order valence-corrected chi connectivity index (χ2v) is 7.38. The standard InChI is InChI=1S/C20H23AsN4O5/c21-20(24-25(28)29)30-19(27)16(12-7-13-22)23-18(26)17(14-8-3-1-4-9-14)15-10-5-2-6-11-15/h1-6,8-11,16-17H,7,12-13,21-22H2,(H,23,26)/t16-/m0/s1. The van der Waals surface area contributed by atoms with Gasteiger partial charge in [-0.05, 0) is 0 Å². The summed E-state index contributed by atoms with van der Waals surface area (Å²) in [5.74, 6) is -1.85. The zero-order chi connectivity index (χ0) is 21.9. The average Bonchev–Trinajstić information content (AvgIpc) is 2.72. The molecule has 0 bridgehead atoms. The van der Waals surface area contributed by atoms with Gasteiger partial charge in [-0.3, -0.25) is 0 Å². The summed E-state index contributed by atoms with van der Waals surface area (Å²) in [7, 11) is 0. The molecule has 158 valence electrons. The first kappa shape index (κ1) is 23.2. The van der Waals surface area contributed by atoms with Gasteiger partial charge in [0.25, 0.3) is 0 Å². The molecule has 2 rings (SSSR count). The summed E-state index contributed by atoms with van der Waals surface area (Å²) in [5, 5.41) is 15.2. The van der Waals surface area contributed by atoms with E-state index >= 15 is 0 Å². The Balaban J connectivity index is 2.26. The van der Waals surface area contributed by atoms with E-state index in [4.69, 9.17) is 10.5 Å². The van der Waals surface area contributed by atoms with Crippen LogP contribution in [-0.4, -0.2) is 51.0 Å². The van der Waals surface area contributed by atoms with Crippen molar-refractivity contribution in [3.05, 3.63) is 81.9 Å². The van der Waals surface area contributed by atoms with Crippen molar-refractivity contribution in [2.45, 2.75) is 24.8 Å². The van der Waals surface area contributed by atoms with Crippen molar-refractivity contribution in [2.75, 3.05) is 6.54 Å². The van der Waals surface area contributed by atoms with E-state index in [-0.39, 0.29) is 17.0 Å². The van der Waals surface area contributed by atoms with Gasteiger partial charge >= 0.3 is 182 Å². The number of carbonyl (C=O) groups excluding carboxylic acids is 2. The molecule has 0 radical (unpaired) electrons. The molecule has 0 aliphatic carbocycles. The fourth-order valence-electron chi connectivity index (χ4n) is 2.89. The number of benzene rings is 2. The van der Waals surface area contributed by atoms with Crippen molar-refractivity contribution < 1.29 is 19.4 Å². The fourth-order valence-corrected chi connectivity index (χ4v) is 3.33. The molecule has 0 spiro atoms. The van der Waals surface area contributed by atoms with Crippen LogP contribution in [0.15, 0.2) is 65.8 Å². The molecule has 0 aliphatic heterocycles. The van der Waals surface area contributed by atoms with E-state index in [2.05, 4.69) is 10.4 Å². The maximum absolute atomic E-state index is 13.2. The third-order valence-electron chi connectivity index (χ3n) is 4.21. The summed E-state index contributed by atoms with van der Waals surface area (Å²) in [6, 6.07) is 17.4. The van der Waals surface area contributed by atoms with Gasteiger partial charge in [0.2, 0.25) is 0 Å². The van der Waals surface area contributed by atoms with Crippen molar-refractivity contribution in [1.82, 2.24) is 5.32 Å². The second-order valence-electron chi connectivity index (χ2n) is 6.34. The molecule has 0 aromatic heterocycles. The molecule has 3 N–H and O–H groups in total. The number of amides is 1. The zero-order valence-electron chi connectivity index (χ0n) is 16.1. The number of nitro groups is 1. The van der Waals surface area contributed by atoms with Crippen LogP contribution in [0.5, 0.6) is 0 Å². The Morgan fingerprint density at radius 1 is 1.10 bits per heavy atom. The first-order valence-electron chi connectivity index (χ1n) is 9.23. The van der Waals surface area contributed by atoms with E-state index in [1.807, 2.05) is 60.7 Å². The van der Waals surface area contributed by atoms with Crippen molar-refractivity contribution in [2.24, 2.45) is 10.8 Å². The van der Waals surface area contributed by atoms with Crippen LogP contribution >= 0.6 is 0 Å². The third-order valence-corrected chi connectivity index (χ3v) is 4.70. The molecule has 1 unspecified atom stereocenters. The molecular formula is C20H23AsN4O5. The second kappa shape index (κ2) is 11.8. The molecule has 10 heteroatoms. The van der Waals surface area contributed by atoms with E-state index in [1.54, 1.807) is 0 Å². The van der Waals surface area contributed by atoms with Crippen molar-refractivity contribution in [1.29, 1.82) is 0 Å². The fraction of sp³-hybridized carbons (Fsp3) is 0.250. The Hall–Kier alpha value is -3.03. The van der Waals surface area contributed by atoms with Gasteiger partial charge in [0, 0.05) is 0 Å². The Labute approximate surface area is 182 Å². The van der Waals surface area contributed by atoms with Gasteiger partial charge in [0.05, 0.1) is 0 Å². The number of ether oxygens (including phenoxy) is 1. The molecule has 0 saturated heterocycles. The maximum atomic E-state index is 13.2. The van der Waals surface area contributed by atoms with Gasteiger partial charge in [-0.1, -0.05) is 0 Å². The minimum atomic E-state index is -1.01. The molecule has 2 aromatic rings. The molecule has 9 nitrogen and oxygen atoms in total. The third kappa shape index (κ3) is 7.09. The van der Waals surface area contributed by atoms with E-state index in [0.29, 0.717) is 29.8 Å². The molecule has 0 heterocycles. The first-order valence-corrected chi connectivity index (χ1v) is 10.4. The van der Waals surface area contributed by atoms with E-state index in [0.717, 1.165) is 11.1 Å². The molecule has 0 saturated carbocycles. The molecule has 0 aliphatic rings. The van der Waals surface area contributed by atoms with Crippen LogP contribution in [0.4, 0.5) is 0 Å². The van der Waals surface area contributed by atoms with Gasteiger partial charge < -0.3 is 0 Å². The predicted octanol–water partition coefficient (Wildman–Crippen LogP) is 0.766. The molecular weight excluding hydrogens is 451 g/mol. The molecule has 30 heavy (non-hydrogen) atoms. The summed E-state index contributed by atoms with van der Waals surface area (Å²) in [4.78, 5) is 36.2. The quantitative estimate of drug-likeness (QED) is 0.138. The van der Waals surface area contributed by atoms with E-state index in [1.165, 1.54) is 0 Å². The SMILES string of the molecule is NCCC[C@H](NC(=O)C(c1ccccc1)c1ccccc1)C(=O)OC([AsH2])=N[N+](=O)[O-]. The molecule has 1 amide bonds. The summed E-state index contributed by atoms with van der Waals surface area (Å²) < 4.78 is 4.60. The number of nitrogens with two attached hydrogens (primary N) is 1. The number of esters is 1. The Morgan fingerprint density at radius 2 is 1.63 bits per heavy atom. The van der Waals surface area contributed by atoms with Crippen molar-refractivity contribution >= 4 is 33.4 Å². The zero-order valence-corrected chi connectivity index (χ0v) is 18.6. The van der Waals surface area contributed by atoms with Crippen LogP contribution < -0.4 is 11.1 Å². The van der Waals surface area contributed by atoms with E-state index < -0.39 is 23.0 Å². The average molecular weight is 474 g/mol. The van der Waals surface area contributed by atoms with Crippen LogP contribution in [0, 0.1) is 10.1 Å². The van der Waals surface area contributed by atoms with Crippen LogP contribution in [0.2, 0.25) is 0 Å². The Bertz CT molecular complexity index is 853. The van der Waals surface area contributed by atoms with Gasteiger partial charge in [-0.2, -0.15) is 0 Å². The van der Waals surface area contributed by atoms with Crippen LogP contribution in [0.1, 0.15) is 29.9 Å². The number of hydrogen-bond acceptors (Lipinski definition) is 6. The van der Waals surface area contributed by atoms with E-state index in [9.17, 15) is 19.7 Å². The predicted molar refractivity (Wildman–Crippen MR) is 114 cm³/mol. The van der Waals surface area contributed by atoms with Gasteiger partial charge in [0.1, 0.15) is 0 Å². The van der Waals surface area contributed by atoms with Crippen LogP contribution in [-0.2, 0) is 14.3 Å². The van der Waals surface area contributed by atoms with Gasteiger partial charge in [-0.25, -0.2) is 0 Å². The van der Waals surface area contributed by atoms with Gasteiger partial charge in [0.15, 0.2) is 0 Å². The van der Waals surface area contributed by atoms with Crippen LogP contribution in [0.3, 0.4) is 0 Å². The van der Waals surface area contributed by atoms with Crippen LogP contribution in [0.25, 0.3) is 0 Å². The number of carbonyl (C=O) groups is 2. The summed E-state index contributed by atoms with van der Waals surface area (Å²) in [5.41, 5.74) is 7.07. The summed E-state index contributed by atoms with van der Waals surface area (Å²) in [6.07, 6.45) is 0.689. The number of nitrogens with one attached hydrogen (secondary N) is 1. The normalized spacial score (nSPS) is 12.3. The molecule has 2 aromatic carbocycles. The van der Waals surface area contributed by atoms with Gasteiger partial charge in [-0.15, -0.1) is 0 Å². The monoisotopic (exact) mass is 474 g/mol. The number of hydrogen-bond donors (Lipinski definition) is 2. The van der Waals surface area contributed by atoms with Crippen molar-refractivity contribution in [3.8, 4) is 0 Å². The number of nitrogens with zero attached hydrogens (tertiary/aromatic N) is 2. The minimum absolute atomic E-state index is 0.232. The first-order chi connectivity index (χ1) is 14.4. The molecule has 0 fully saturated rings. The topological polar surface area (TPSA) is 137 Å². The molecule has 2 atom stereocenters. The summed E-state index contributed by atoms with van der Waals surface area (Å²) in [6.45, 7) is 0.312. The van der Waals surface area contributed by atoms with Crippen molar-refractivity contribution in [3.63, 3.8) is 0 Å².